The standard InChI is InChI=1S/C30H41FO2/c1-4-6-7-8-10-22(3)33-30(32)26-17-15-25(16-18-26)28-20-19-27(21-29(28)31)24-13-11-23(9-5-2)12-14-24/h15-24H,4-14H2,1-3H3. The third kappa shape index (κ3) is 7.42. The van der Waals surface area contributed by atoms with Crippen molar-refractivity contribution in [2.24, 2.45) is 5.92 Å². The molecule has 0 amide bonds. The fourth-order valence-corrected chi connectivity index (χ4v) is 5.17. The van der Waals surface area contributed by atoms with Gasteiger partial charge in [0.25, 0.3) is 0 Å². The Hall–Kier alpha value is -2.16. The molecule has 0 saturated heterocycles. The molecule has 1 aliphatic rings. The molecule has 0 aliphatic heterocycles. The predicted molar refractivity (Wildman–Crippen MR) is 135 cm³/mol. The van der Waals surface area contributed by atoms with Gasteiger partial charge in [-0.15, -0.1) is 0 Å². The first kappa shape index (κ1) is 25.5. The van der Waals surface area contributed by atoms with E-state index in [2.05, 4.69) is 19.9 Å². The molecule has 2 nitrogen and oxygen atoms in total. The van der Waals surface area contributed by atoms with Crippen LogP contribution in [0.2, 0.25) is 0 Å². The zero-order valence-electron chi connectivity index (χ0n) is 20.7. The molecule has 1 atom stereocenters. The van der Waals surface area contributed by atoms with Gasteiger partial charge in [-0.05, 0) is 86.6 Å². The third-order valence-electron chi connectivity index (χ3n) is 7.21. The number of rotatable bonds is 11. The Morgan fingerprint density at radius 3 is 2.33 bits per heavy atom. The molecule has 0 bridgehead atoms. The molecule has 0 radical (unpaired) electrons. The van der Waals surface area contributed by atoms with E-state index in [-0.39, 0.29) is 17.9 Å². The Morgan fingerprint density at radius 2 is 1.70 bits per heavy atom. The summed E-state index contributed by atoms with van der Waals surface area (Å²) in [5.74, 6) is 0.839. The number of hydrogen-bond donors (Lipinski definition) is 0. The smallest absolute Gasteiger partial charge is 0.338 e. The van der Waals surface area contributed by atoms with Gasteiger partial charge in [0.05, 0.1) is 11.7 Å². The van der Waals surface area contributed by atoms with E-state index in [1.807, 2.05) is 25.1 Å². The number of benzene rings is 2. The van der Waals surface area contributed by atoms with Gasteiger partial charge in [-0.2, -0.15) is 0 Å². The second-order valence-corrected chi connectivity index (χ2v) is 9.89. The van der Waals surface area contributed by atoms with Gasteiger partial charge in [-0.25, -0.2) is 9.18 Å². The number of carbonyl (C=O) groups excluding carboxylic acids is 1. The minimum absolute atomic E-state index is 0.0870. The highest BCUT2D eigenvalue weighted by Crippen LogP contribution is 2.38. The largest absolute Gasteiger partial charge is 0.459 e. The van der Waals surface area contributed by atoms with Crippen molar-refractivity contribution in [3.8, 4) is 11.1 Å². The summed E-state index contributed by atoms with van der Waals surface area (Å²) in [4.78, 5) is 12.4. The number of esters is 1. The molecule has 2 aromatic rings. The summed E-state index contributed by atoms with van der Waals surface area (Å²) in [5, 5.41) is 0. The van der Waals surface area contributed by atoms with Gasteiger partial charge in [0.1, 0.15) is 5.82 Å². The molecule has 0 N–H and O–H groups in total. The number of carbonyl (C=O) groups is 1. The lowest BCUT2D eigenvalue weighted by Crippen LogP contribution is -2.15. The number of unbranched alkanes of at least 4 members (excludes halogenated alkanes) is 3. The maximum Gasteiger partial charge on any atom is 0.338 e. The molecule has 3 rings (SSSR count). The Morgan fingerprint density at radius 1 is 0.970 bits per heavy atom. The van der Waals surface area contributed by atoms with Crippen molar-refractivity contribution < 1.29 is 13.9 Å². The molecule has 0 spiro atoms. The lowest BCUT2D eigenvalue weighted by molar-refractivity contribution is 0.0319. The van der Waals surface area contributed by atoms with E-state index in [1.54, 1.807) is 18.2 Å². The summed E-state index contributed by atoms with van der Waals surface area (Å²) in [5.41, 5.74) is 3.01. The number of halogens is 1. The summed E-state index contributed by atoms with van der Waals surface area (Å²) in [6, 6.07) is 12.8. The lowest BCUT2D eigenvalue weighted by atomic mass is 9.77. The third-order valence-corrected chi connectivity index (χ3v) is 7.21. The lowest BCUT2D eigenvalue weighted by Gasteiger charge is -2.28. The van der Waals surface area contributed by atoms with Crippen molar-refractivity contribution in [2.75, 3.05) is 0 Å². The van der Waals surface area contributed by atoms with E-state index in [1.165, 1.54) is 44.9 Å². The average molecular weight is 453 g/mol. The molecule has 1 fully saturated rings. The van der Waals surface area contributed by atoms with Crippen LogP contribution in [0, 0.1) is 11.7 Å². The van der Waals surface area contributed by atoms with Crippen LogP contribution in [-0.2, 0) is 4.74 Å². The van der Waals surface area contributed by atoms with Crippen LogP contribution in [0.1, 0.15) is 113 Å². The first-order valence-corrected chi connectivity index (χ1v) is 13.1. The SMILES string of the molecule is CCCCCCC(C)OC(=O)c1ccc(-c2ccc(C3CCC(CCC)CC3)cc2F)cc1. The second kappa shape index (κ2) is 12.9. The number of ether oxygens (including phenoxy) is 1. The molecule has 0 aromatic heterocycles. The molecular formula is C30H41FO2. The summed E-state index contributed by atoms with van der Waals surface area (Å²) in [6.07, 6.45) is 12.9. The van der Waals surface area contributed by atoms with E-state index < -0.39 is 0 Å². The summed E-state index contributed by atoms with van der Waals surface area (Å²) in [6.45, 7) is 6.39. The minimum atomic E-state index is -0.306. The van der Waals surface area contributed by atoms with Crippen LogP contribution in [0.4, 0.5) is 4.39 Å². The predicted octanol–water partition coefficient (Wildman–Crippen LogP) is 9.08. The van der Waals surface area contributed by atoms with Crippen molar-refractivity contribution in [3.05, 3.63) is 59.4 Å². The fraction of sp³-hybridized carbons (Fsp3) is 0.567. The van der Waals surface area contributed by atoms with Crippen LogP contribution in [0.3, 0.4) is 0 Å². The van der Waals surface area contributed by atoms with Crippen LogP contribution < -0.4 is 0 Å². The highest BCUT2D eigenvalue weighted by molar-refractivity contribution is 5.90. The first-order chi connectivity index (χ1) is 16.0. The van der Waals surface area contributed by atoms with Crippen molar-refractivity contribution in [2.45, 2.75) is 103 Å². The van der Waals surface area contributed by atoms with Crippen LogP contribution in [0.5, 0.6) is 0 Å². The zero-order chi connectivity index (χ0) is 23.6. The van der Waals surface area contributed by atoms with Gasteiger partial charge < -0.3 is 4.74 Å². The Kier molecular flexibility index (Phi) is 9.96. The van der Waals surface area contributed by atoms with Crippen molar-refractivity contribution >= 4 is 5.97 Å². The molecule has 3 heteroatoms. The quantitative estimate of drug-likeness (QED) is 0.251. The van der Waals surface area contributed by atoms with Crippen LogP contribution >= 0.6 is 0 Å². The molecular weight excluding hydrogens is 411 g/mol. The van der Waals surface area contributed by atoms with Crippen LogP contribution in [0.25, 0.3) is 11.1 Å². The number of hydrogen-bond acceptors (Lipinski definition) is 2. The van der Waals surface area contributed by atoms with Gasteiger partial charge in [0.2, 0.25) is 0 Å². The molecule has 1 unspecified atom stereocenters. The minimum Gasteiger partial charge on any atom is -0.459 e. The first-order valence-electron chi connectivity index (χ1n) is 13.1. The average Bonchev–Trinajstić information content (AvgIpc) is 2.82. The van der Waals surface area contributed by atoms with E-state index in [9.17, 15) is 4.79 Å². The monoisotopic (exact) mass is 452 g/mol. The van der Waals surface area contributed by atoms with E-state index in [4.69, 9.17) is 4.74 Å². The zero-order valence-corrected chi connectivity index (χ0v) is 20.7. The van der Waals surface area contributed by atoms with Gasteiger partial charge in [-0.1, -0.05) is 70.2 Å². The molecule has 33 heavy (non-hydrogen) atoms. The molecule has 2 aromatic carbocycles. The Bertz CT molecular complexity index is 865. The maximum absolute atomic E-state index is 15.0. The van der Waals surface area contributed by atoms with E-state index in [0.717, 1.165) is 42.7 Å². The highest BCUT2D eigenvalue weighted by Gasteiger charge is 2.22. The van der Waals surface area contributed by atoms with E-state index in [0.29, 0.717) is 17.0 Å². The summed E-state index contributed by atoms with van der Waals surface area (Å²) >= 11 is 0. The fourth-order valence-electron chi connectivity index (χ4n) is 5.17. The summed E-state index contributed by atoms with van der Waals surface area (Å²) in [7, 11) is 0. The van der Waals surface area contributed by atoms with E-state index >= 15 is 4.39 Å². The normalized spacial score (nSPS) is 19.3. The molecule has 180 valence electrons. The topological polar surface area (TPSA) is 26.3 Å². The Balaban J connectivity index is 1.57. The Labute approximate surface area is 199 Å². The molecule has 1 aliphatic carbocycles. The van der Waals surface area contributed by atoms with Gasteiger partial charge >= 0.3 is 5.97 Å². The van der Waals surface area contributed by atoms with Gasteiger partial charge in [0, 0.05) is 5.56 Å². The van der Waals surface area contributed by atoms with Crippen molar-refractivity contribution in [3.63, 3.8) is 0 Å². The van der Waals surface area contributed by atoms with Gasteiger partial charge in [-0.3, -0.25) is 0 Å². The second-order valence-electron chi connectivity index (χ2n) is 9.89. The molecule has 1 saturated carbocycles. The summed E-state index contributed by atoms with van der Waals surface area (Å²) < 4.78 is 20.6. The van der Waals surface area contributed by atoms with Crippen LogP contribution in [0.15, 0.2) is 42.5 Å². The van der Waals surface area contributed by atoms with Crippen molar-refractivity contribution in [1.29, 1.82) is 0 Å². The van der Waals surface area contributed by atoms with Gasteiger partial charge in [0.15, 0.2) is 0 Å². The maximum atomic E-state index is 15.0. The molecule has 0 heterocycles. The van der Waals surface area contributed by atoms with Crippen LogP contribution in [-0.4, -0.2) is 12.1 Å². The highest BCUT2D eigenvalue weighted by atomic mass is 19.1. The van der Waals surface area contributed by atoms with Crippen molar-refractivity contribution in [1.82, 2.24) is 0 Å².